The molecule has 74 valence electrons. The molecule has 0 radical (unpaired) electrons. The van der Waals surface area contributed by atoms with Gasteiger partial charge in [0.1, 0.15) is 0 Å². The van der Waals surface area contributed by atoms with Crippen LogP contribution in [-0.4, -0.2) is 25.5 Å². The molecule has 2 N–H and O–H groups in total. The van der Waals surface area contributed by atoms with Crippen molar-refractivity contribution in [1.82, 2.24) is 10.6 Å². The Morgan fingerprint density at radius 1 is 1.46 bits per heavy atom. The van der Waals surface area contributed by atoms with E-state index in [1.807, 2.05) is 13.0 Å². The lowest BCUT2D eigenvalue weighted by atomic mass is 10.3. The molecular formula is C9H17N3O. The number of unbranched alkanes of at least 4 members (excludes halogenated alkanes) is 1. The number of nitriles is 1. The molecule has 0 aromatic heterocycles. The molecular weight excluding hydrogens is 166 g/mol. The first-order valence-corrected chi connectivity index (χ1v) is 4.65. The molecule has 0 unspecified atom stereocenters. The Morgan fingerprint density at radius 2 is 2.23 bits per heavy atom. The predicted octanol–water partition coefficient (Wildman–Crippen LogP) is 0.406. The summed E-state index contributed by atoms with van der Waals surface area (Å²) < 4.78 is 0. The summed E-state index contributed by atoms with van der Waals surface area (Å²) in [5.41, 5.74) is 0. The first-order chi connectivity index (χ1) is 6.31. The molecule has 0 aliphatic rings. The molecule has 0 saturated carbocycles. The number of amides is 1. The summed E-state index contributed by atoms with van der Waals surface area (Å²) in [5, 5.41) is 14.0. The average molecular weight is 183 g/mol. The Morgan fingerprint density at radius 3 is 2.85 bits per heavy atom. The molecule has 0 fully saturated rings. The van der Waals surface area contributed by atoms with Crippen LogP contribution in [0.1, 0.15) is 26.2 Å². The first kappa shape index (κ1) is 11.9. The van der Waals surface area contributed by atoms with Crippen molar-refractivity contribution < 1.29 is 4.79 Å². The van der Waals surface area contributed by atoms with E-state index in [-0.39, 0.29) is 5.91 Å². The quantitative estimate of drug-likeness (QED) is 0.562. The number of carbonyl (C=O) groups is 1. The average Bonchev–Trinajstić information content (AvgIpc) is 2.14. The minimum Gasteiger partial charge on any atom is -0.355 e. The molecule has 0 rings (SSSR count). The third-order valence-corrected chi connectivity index (χ3v) is 1.50. The van der Waals surface area contributed by atoms with Crippen LogP contribution in [0.15, 0.2) is 0 Å². The van der Waals surface area contributed by atoms with E-state index in [1.165, 1.54) is 0 Å². The Hall–Kier alpha value is -1.08. The highest BCUT2D eigenvalue weighted by atomic mass is 16.1. The summed E-state index contributed by atoms with van der Waals surface area (Å²) in [5.74, 6) is 0.0267. The SMILES string of the molecule is CCCNC(=O)CNCCCC#N. The number of carbonyl (C=O) groups excluding carboxylic acids is 1. The molecule has 13 heavy (non-hydrogen) atoms. The summed E-state index contributed by atoms with van der Waals surface area (Å²) in [4.78, 5) is 11.0. The lowest BCUT2D eigenvalue weighted by molar-refractivity contribution is -0.120. The van der Waals surface area contributed by atoms with Gasteiger partial charge >= 0.3 is 0 Å². The molecule has 0 aromatic rings. The van der Waals surface area contributed by atoms with Crippen molar-refractivity contribution in [3.8, 4) is 6.07 Å². The van der Waals surface area contributed by atoms with Crippen LogP contribution in [0.25, 0.3) is 0 Å². The zero-order valence-electron chi connectivity index (χ0n) is 8.10. The minimum atomic E-state index is 0.0267. The largest absolute Gasteiger partial charge is 0.355 e. The van der Waals surface area contributed by atoms with E-state index in [0.29, 0.717) is 13.0 Å². The Labute approximate surface area is 79.3 Å². The van der Waals surface area contributed by atoms with E-state index in [2.05, 4.69) is 10.6 Å². The van der Waals surface area contributed by atoms with Crippen molar-refractivity contribution in [1.29, 1.82) is 5.26 Å². The summed E-state index contributed by atoms with van der Waals surface area (Å²) in [7, 11) is 0. The van der Waals surface area contributed by atoms with Crippen molar-refractivity contribution in [3.63, 3.8) is 0 Å². The number of hydrogen-bond acceptors (Lipinski definition) is 3. The van der Waals surface area contributed by atoms with Gasteiger partial charge in [-0.1, -0.05) is 6.92 Å². The van der Waals surface area contributed by atoms with Crippen molar-refractivity contribution in [2.75, 3.05) is 19.6 Å². The van der Waals surface area contributed by atoms with Gasteiger partial charge in [-0.25, -0.2) is 0 Å². The van der Waals surface area contributed by atoms with Crippen LogP contribution in [-0.2, 0) is 4.79 Å². The summed E-state index contributed by atoms with van der Waals surface area (Å²) in [6.45, 7) is 3.83. The van der Waals surface area contributed by atoms with Crippen LogP contribution in [0, 0.1) is 11.3 Å². The van der Waals surface area contributed by atoms with Crippen LogP contribution >= 0.6 is 0 Å². The van der Waals surface area contributed by atoms with Crippen LogP contribution in [0.3, 0.4) is 0 Å². The van der Waals surface area contributed by atoms with Gasteiger partial charge < -0.3 is 10.6 Å². The van der Waals surface area contributed by atoms with Gasteiger partial charge in [0.25, 0.3) is 0 Å². The van der Waals surface area contributed by atoms with Crippen LogP contribution < -0.4 is 10.6 Å². The molecule has 0 aromatic carbocycles. The van der Waals surface area contributed by atoms with E-state index in [4.69, 9.17) is 5.26 Å². The number of rotatable bonds is 7. The fraction of sp³-hybridized carbons (Fsp3) is 0.778. The molecule has 0 bridgehead atoms. The smallest absolute Gasteiger partial charge is 0.233 e. The highest BCUT2D eigenvalue weighted by molar-refractivity contribution is 5.77. The van der Waals surface area contributed by atoms with Crippen molar-refractivity contribution in [2.45, 2.75) is 26.2 Å². The monoisotopic (exact) mass is 183 g/mol. The van der Waals surface area contributed by atoms with Gasteiger partial charge in [0.15, 0.2) is 0 Å². The van der Waals surface area contributed by atoms with Crippen molar-refractivity contribution in [3.05, 3.63) is 0 Å². The fourth-order valence-corrected chi connectivity index (χ4v) is 0.821. The Balaban J connectivity index is 3.13. The Kier molecular flexibility index (Phi) is 8.26. The zero-order chi connectivity index (χ0) is 9.94. The van der Waals surface area contributed by atoms with Gasteiger partial charge in [0.05, 0.1) is 12.6 Å². The summed E-state index contributed by atoms with van der Waals surface area (Å²) >= 11 is 0. The third kappa shape index (κ3) is 8.83. The maximum Gasteiger partial charge on any atom is 0.233 e. The summed E-state index contributed by atoms with van der Waals surface area (Å²) in [6, 6.07) is 2.05. The molecule has 1 amide bonds. The standard InChI is InChI=1S/C9H17N3O/c1-2-6-12-9(13)8-11-7-4-3-5-10/h11H,2-4,6-8H2,1H3,(H,12,13). The second-order valence-electron chi connectivity index (χ2n) is 2.79. The molecule has 0 aliphatic heterocycles. The first-order valence-electron chi connectivity index (χ1n) is 4.65. The fourth-order valence-electron chi connectivity index (χ4n) is 0.821. The normalized spacial score (nSPS) is 9.23. The van der Waals surface area contributed by atoms with Gasteiger partial charge in [0, 0.05) is 13.0 Å². The van der Waals surface area contributed by atoms with E-state index in [1.54, 1.807) is 0 Å². The maximum absolute atomic E-state index is 11.0. The van der Waals surface area contributed by atoms with Gasteiger partial charge in [-0.2, -0.15) is 5.26 Å². The lowest BCUT2D eigenvalue weighted by Crippen LogP contribution is -2.34. The maximum atomic E-state index is 11.0. The molecule has 0 atom stereocenters. The van der Waals surface area contributed by atoms with Crippen LogP contribution in [0.4, 0.5) is 0 Å². The molecule has 4 nitrogen and oxygen atoms in total. The van der Waals surface area contributed by atoms with Crippen molar-refractivity contribution >= 4 is 5.91 Å². The molecule has 4 heteroatoms. The number of nitrogens with zero attached hydrogens (tertiary/aromatic N) is 1. The van der Waals surface area contributed by atoms with E-state index < -0.39 is 0 Å². The van der Waals surface area contributed by atoms with Gasteiger partial charge in [0.2, 0.25) is 5.91 Å². The van der Waals surface area contributed by atoms with E-state index in [0.717, 1.165) is 25.9 Å². The Bertz CT molecular complexity index is 174. The molecule has 0 spiro atoms. The zero-order valence-corrected chi connectivity index (χ0v) is 8.10. The molecule has 0 heterocycles. The van der Waals surface area contributed by atoms with Gasteiger partial charge in [-0.05, 0) is 19.4 Å². The van der Waals surface area contributed by atoms with E-state index in [9.17, 15) is 4.79 Å². The highest BCUT2D eigenvalue weighted by Crippen LogP contribution is 1.81. The second-order valence-corrected chi connectivity index (χ2v) is 2.79. The number of hydrogen-bond donors (Lipinski definition) is 2. The van der Waals surface area contributed by atoms with Gasteiger partial charge in [-0.3, -0.25) is 4.79 Å². The lowest BCUT2D eigenvalue weighted by Gasteiger charge is -2.03. The van der Waals surface area contributed by atoms with Gasteiger partial charge in [-0.15, -0.1) is 0 Å². The van der Waals surface area contributed by atoms with Crippen LogP contribution in [0.5, 0.6) is 0 Å². The summed E-state index contributed by atoms with van der Waals surface area (Å²) in [6.07, 6.45) is 2.31. The third-order valence-electron chi connectivity index (χ3n) is 1.50. The second kappa shape index (κ2) is 9.01. The topological polar surface area (TPSA) is 64.9 Å². The van der Waals surface area contributed by atoms with E-state index >= 15 is 0 Å². The number of nitrogens with one attached hydrogen (secondary N) is 2. The molecule has 0 aliphatic carbocycles. The minimum absolute atomic E-state index is 0.0267. The van der Waals surface area contributed by atoms with Crippen LogP contribution in [0.2, 0.25) is 0 Å². The predicted molar refractivity (Wildman–Crippen MR) is 51.0 cm³/mol. The highest BCUT2D eigenvalue weighted by Gasteiger charge is 1.97. The molecule has 0 saturated heterocycles. The van der Waals surface area contributed by atoms with Crippen molar-refractivity contribution in [2.24, 2.45) is 0 Å².